The maximum Gasteiger partial charge on any atom is 0.586 e. The van der Waals surface area contributed by atoms with Crippen LogP contribution in [0.4, 0.5) is 8.78 Å². The molecule has 1 fully saturated rings. The van der Waals surface area contributed by atoms with Gasteiger partial charge in [-0.05, 0) is 62.6 Å². The number of thioether (sulfide) groups is 1. The predicted octanol–water partition coefficient (Wildman–Crippen LogP) is 3.72. The molecule has 0 aliphatic carbocycles. The molecule has 0 bridgehead atoms. The minimum atomic E-state index is -3.77. The third-order valence-electron chi connectivity index (χ3n) is 7.81. The van der Waals surface area contributed by atoms with Crippen LogP contribution in [0.3, 0.4) is 0 Å². The number of aliphatic hydroxyl groups excluding tert-OH is 1. The lowest BCUT2D eigenvalue weighted by Gasteiger charge is -2.33. The van der Waals surface area contributed by atoms with Crippen LogP contribution in [0.5, 0.6) is 17.2 Å². The van der Waals surface area contributed by atoms with E-state index in [1.165, 1.54) is 53.1 Å². The van der Waals surface area contributed by atoms with E-state index < -0.39 is 47.0 Å². The molecule has 3 aromatic rings. The number of nitrogens with one attached hydrogen (secondary N) is 2. The van der Waals surface area contributed by atoms with Gasteiger partial charge in [0.15, 0.2) is 17.6 Å². The molecule has 0 radical (unpaired) electrons. The number of aromatic hydroxyl groups is 1. The molecular weight excluding hydrogens is 608 g/mol. The third kappa shape index (κ3) is 6.99. The fraction of sp³-hybridized carbons (Fsp3) is 0.344. The van der Waals surface area contributed by atoms with Crippen molar-refractivity contribution in [1.29, 1.82) is 0 Å². The molecule has 4 N–H and O–H groups in total. The highest BCUT2D eigenvalue weighted by Gasteiger charge is 2.50. The predicted molar refractivity (Wildman–Crippen MR) is 162 cm³/mol. The molecule has 0 spiro atoms. The smallest absolute Gasteiger partial charge is 0.508 e. The topological polar surface area (TPSA) is 137 Å². The van der Waals surface area contributed by atoms with Gasteiger partial charge in [-0.3, -0.25) is 14.4 Å². The summed E-state index contributed by atoms with van der Waals surface area (Å²) in [5.41, 5.74) is 1.77. The standard InChI is InChI=1S/C32H33F2N3O7S/c1-18-21(10-7-11-23(18)38)28(40)36-22(14-19-8-5-4-6-9-19)26(39)30(42)37-17-45-31(2,3)27(37)29(41)35-16-20-12-13-24-25(15-20)44-32(33,34)43-24/h4-13,15,22,26-27,38-39H,14,16-17H2,1-3H3,(H,35,41)(H,36,40). The van der Waals surface area contributed by atoms with Crippen molar-refractivity contribution in [1.82, 2.24) is 15.5 Å². The Labute approximate surface area is 262 Å². The molecule has 2 aliphatic rings. The van der Waals surface area contributed by atoms with Crippen LogP contribution in [-0.4, -0.2) is 67.9 Å². The summed E-state index contributed by atoms with van der Waals surface area (Å²) in [6.45, 7) is 5.15. The summed E-state index contributed by atoms with van der Waals surface area (Å²) < 4.78 is 35.0. The van der Waals surface area contributed by atoms with E-state index in [4.69, 9.17) is 0 Å². The summed E-state index contributed by atoms with van der Waals surface area (Å²) >= 11 is 1.36. The lowest BCUT2D eigenvalue weighted by atomic mass is 9.96. The zero-order valence-corrected chi connectivity index (χ0v) is 25.6. The molecule has 1 saturated heterocycles. The highest BCUT2D eigenvalue weighted by atomic mass is 32.2. The monoisotopic (exact) mass is 641 g/mol. The molecule has 45 heavy (non-hydrogen) atoms. The van der Waals surface area contributed by atoms with Gasteiger partial charge in [-0.25, -0.2) is 0 Å². The largest absolute Gasteiger partial charge is 0.586 e. The van der Waals surface area contributed by atoms with Crippen LogP contribution in [0.1, 0.15) is 40.9 Å². The molecule has 2 heterocycles. The molecule has 5 rings (SSSR count). The molecule has 3 amide bonds. The number of phenols is 1. The molecule has 10 nitrogen and oxygen atoms in total. The fourth-order valence-corrected chi connectivity index (χ4v) is 6.51. The van der Waals surface area contributed by atoms with Crippen molar-refractivity contribution in [3.63, 3.8) is 0 Å². The first-order chi connectivity index (χ1) is 21.3. The van der Waals surface area contributed by atoms with E-state index in [0.29, 0.717) is 11.1 Å². The number of benzene rings is 3. The van der Waals surface area contributed by atoms with Crippen LogP contribution in [0.15, 0.2) is 66.7 Å². The third-order valence-corrected chi connectivity index (χ3v) is 9.18. The van der Waals surface area contributed by atoms with Gasteiger partial charge in [0.1, 0.15) is 11.8 Å². The summed E-state index contributed by atoms with van der Waals surface area (Å²) in [5.74, 6) is -2.07. The van der Waals surface area contributed by atoms with E-state index in [-0.39, 0.29) is 41.7 Å². The van der Waals surface area contributed by atoms with Crippen molar-refractivity contribution in [3.8, 4) is 17.2 Å². The quantitative estimate of drug-likeness (QED) is 0.278. The number of fused-ring (bicyclic) bond motifs is 1. The van der Waals surface area contributed by atoms with Gasteiger partial charge in [0.05, 0.1) is 11.9 Å². The normalized spacial score (nSPS) is 19.1. The molecule has 3 aromatic carbocycles. The van der Waals surface area contributed by atoms with Gasteiger partial charge >= 0.3 is 6.29 Å². The lowest BCUT2D eigenvalue weighted by molar-refractivity contribution is -0.286. The van der Waals surface area contributed by atoms with Crippen molar-refractivity contribution >= 4 is 29.5 Å². The minimum absolute atomic E-state index is 0.0428. The molecule has 0 saturated carbocycles. The first kappa shape index (κ1) is 32.0. The summed E-state index contributed by atoms with van der Waals surface area (Å²) in [5, 5.41) is 27.1. The minimum Gasteiger partial charge on any atom is -0.508 e. The highest BCUT2D eigenvalue weighted by Crippen LogP contribution is 2.42. The molecule has 3 atom stereocenters. The Bertz CT molecular complexity index is 1600. The zero-order chi connectivity index (χ0) is 32.5. The zero-order valence-electron chi connectivity index (χ0n) is 24.8. The number of phenolic OH excluding ortho intramolecular Hbond substituents is 1. The Balaban J connectivity index is 1.33. The van der Waals surface area contributed by atoms with E-state index in [0.717, 1.165) is 5.56 Å². The Morgan fingerprint density at radius 2 is 1.73 bits per heavy atom. The van der Waals surface area contributed by atoms with E-state index in [2.05, 4.69) is 20.1 Å². The summed E-state index contributed by atoms with van der Waals surface area (Å²) in [6, 6.07) is 15.6. The van der Waals surface area contributed by atoms with Gasteiger partial charge in [0, 0.05) is 22.4 Å². The summed E-state index contributed by atoms with van der Waals surface area (Å²) in [7, 11) is 0. The van der Waals surface area contributed by atoms with E-state index in [1.807, 2.05) is 6.07 Å². The number of carbonyl (C=O) groups is 3. The Kier molecular flexibility index (Phi) is 8.95. The lowest BCUT2D eigenvalue weighted by Crippen LogP contribution is -2.58. The first-order valence-corrected chi connectivity index (χ1v) is 15.2. The number of amides is 3. The number of alkyl halides is 2. The van der Waals surface area contributed by atoms with Crippen molar-refractivity contribution in [3.05, 3.63) is 89.0 Å². The molecule has 3 unspecified atom stereocenters. The number of hydrogen-bond acceptors (Lipinski definition) is 8. The second kappa shape index (κ2) is 12.6. The van der Waals surface area contributed by atoms with Gasteiger partial charge in [-0.2, -0.15) is 0 Å². The average molecular weight is 642 g/mol. The first-order valence-electron chi connectivity index (χ1n) is 14.2. The average Bonchev–Trinajstić information content (AvgIpc) is 3.49. The summed E-state index contributed by atoms with van der Waals surface area (Å²) in [6.07, 6.45) is -5.37. The number of rotatable bonds is 9. The second-order valence-electron chi connectivity index (χ2n) is 11.4. The molecule has 238 valence electrons. The number of nitrogens with zero attached hydrogens (tertiary/aromatic N) is 1. The van der Waals surface area contributed by atoms with Crippen molar-refractivity contribution in [2.75, 3.05) is 5.88 Å². The van der Waals surface area contributed by atoms with Crippen molar-refractivity contribution in [2.24, 2.45) is 0 Å². The number of aliphatic hydroxyl groups is 1. The van der Waals surface area contributed by atoms with Crippen molar-refractivity contribution in [2.45, 2.75) is 63.0 Å². The second-order valence-corrected chi connectivity index (χ2v) is 13.0. The van der Waals surface area contributed by atoms with E-state index in [1.54, 1.807) is 45.0 Å². The van der Waals surface area contributed by atoms with Crippen LogP contribution in [0, 0.1) is 6.92 Å². The maximum atomic E-state index is 13.9. The summed E-state index contributed by atoms with van der Waals surface area (Å²) in [4.78, 5) is 42.0. The van der Waals surface area contributed by atoms with Gasteiger partial charge < -0.3 is 35.2 Å². The number of ether oxygens (including phenoxy) is 2. The van der Waals surface area contributed by atoms with Crippen LogP contribution < -0.4 is 20.1 Å². The van der Waals surface area contributed by atoms with Gasteiger partial charge in [-0.15, -0.1) is 20.5 Å². The number of hydrogen-bond donors (Lipinski definition) is 4. The maximum absolute atomic E-state index is 13.9. The fourth-order valence-electron chi connectivity index (χ4n) is 5.37. The Morgan fingerprint density at radius 1 is 1.02 bits per heavy atom. The van der Waals surface area contributed by atoms with Gasteiger partial charge in [-0.1, -0.05) is 42.5 Å². The Morgan fingerprint density at radius 3 is 2.47 bits per heavy atom. The number of carbonyl (C=O) groups excluding carboxylic acids is 3. The molecule has 0 aromatic heterocycles. The molecular formula is C32H33F2N3O7S. The van der Waals surface area contributed by atoms with Crippen LogP contribution in [-0.2, 0) is 22.6 Å². The molecule has 13 heteroatoms. The van der Waals surface area contributed by atoms with Gasteiger partial charge in [0.25, 0.3) is 11.8 Å². The molecule has 2 aliphatic heterocycles. The van der Waals surface area contributed by atoms with Crippen LogP contribution >= 0.6 is 11.8 Å². The van der Waals surface area contributed by atoms with E-state index in [9.17, 15) is 33.4 Å². The number of halogens is 2. The van der Waals surface area contributed by atoms with Gasteiger partial charge in [0.2, 0.25) is 5.91 Å². The van der Waals surface area contributed by atoms with E-state index >= 15 is 0 Å². The Hall–Kier alpha value is -4.36. The van der Waals surface area contributed by atoms with Crippen LogP contribution in [0.2, 0.25) is 0 Å². The van der Waals surface area contributed by atoms with Crippen LogP contribution in [0.25, 0.3) is 0 Å². The highest BCUT2D eigenvalue weighted by molar-refractivity contribution is 8.00. The van der Waals surface area contributed by atoms with Crippen molar-refractivity contribution < 1.29 is 42.9 Å². The SMILES string of the molecule is Cc1c(O)cccc1C(=O)NC(Cc1ccccc1)C(O)C(=O)N1CSC(C)(C)C1C(=O)NCc1ccc2c(c1)OC(F)(F)O2.